The first-order valence-electron chi connectivity index (χ1n) is 13.1. The van der Waals surface area contributed by atoms with Crippen LogP contribution in [0.3, 0.4) is 0 Å². The molecule has 10 heteroatoms. The van der Waals surface area contributed by atoms with Gasteiger partial charge in [-0.25, -0.2) is 9.78 Å². The fourth-order valence-corrected chi connectivity index (χ4v) is 11.7. The smallest absolute Gasteiger partial charge is 0.407 e. The SMILES string of the molecule is C/C(Br)=C\[C@@H](Cc1nc(CC[C@H](CC(=O)O)NC(=O)OC(C)(C)C)cs1)O[Si](C(C)C)(C(C)C)C(C)C. The number of carboxylic acids is 1. The van der Waals surface area contributed by atoms with E-state index in [9.17, 15) is 14.7 Å². The van der Waals surface area contributed by atoms with Crippen LogP contribution in [0.4, 0.5) is 4.79 Å². The molecule has 37 heavy (non-hydrogen) atoms. The number of nitrogens with one attached hydrogen (secondary N) is 1. The highest BCUT2D eigenvalue weighted by Gasteiger charge is 2.46. The molecule has 0 aromatic carbocycles. The summed E-state index contributed by atoms with van der Waals surface area (Å²) in [5.41, 5.74) is 1.68. The van der Waals surface area contributed by atoms with E-state index in [2.05, 4.69) is 68.9 Å². The van der Waals surface area contributed by atoms with Gasteiger partial charge in [0.15, 0.2) is 0 Å². The summed E-state index contributed by atoms with van der Waals surface area (Å²) in [7, 11) is -2.08. The Morgan fingerprint density at radius 3 is 2.19 bits per heavy atom. The molecule has 0 bridgehead atoms. The van der Waals surface area contributed by atoms with Crippen LogP contribution >= 0.6 is 27.3 Å². The second-order valence-electron chi connectivity index (χ2n) is 11.6. The Morgan fingerprint density at radius 2 is 1.73 bits per heavy atom. The van der Waals surface area contributed by atoms with Gasteiger partial charge < -0.3 is 19.6 Å². The fraction of sp³-hybridized carbons (Fsp3) is 0.741. The van der Waals surface area contributed by atoms with Crippen molar-refractivity contribution in [2.45, 2.75) is 129 Å². The summed E-state index contributed by atoms with van der Waals surface area (Å²) in [5, 5.41) is 15.0. The van der Waals surface area contributed by atoms with E-state index < -0.39 is 32.0 Å². The molecule has 0 saturated heterocycles. The number of carboxylic acid groups (broad SMARTS) is 1. The number of aliphatic carboxylic acids is 1. The number of carbonyl (C=O) groups is 2. The molecule has 0 aliphatic carbocycles. The first-order valence-corrected chi connectivity index (χ1v) is 16.9. The molecule has 0 saturated carbocycles. The van der Waals surface area contributed by atoms with E-state index in [1.165, 1.54) is 0 Å². The van der Waals surface area contributed by atoms with Crippen LogP contribution in [0.5, 0.6) is 0 Å². The molecule has 0 fully saturated rings. The minimum Gasteiger partial charge on any atom is -0.481 e. The van der Waals surface area contributed by atoms with Gasteiger partial charge in [-0.3, -0.25) is 4.79 Å². The minimum absolute atomic E-state index is 0.0779. The summed E-state index contributed by atoms with van der Waals surface area (Å²) in [6.45, 7) is 21.1. The number of ether oxygens (including phenoxy) is 1. The van der Waals surface area contributed by atoms with Crippen molar-refractivity contribution in [3.8, 4) is 0 Å². The van der Waals surface area contributed by atoms with E-state index >= 15 is 0 Å². The van der Waals surface area contributed by atoms with E-state index in [1.807, 2.05) is 12.3 Å². The number of thiazole rings is 1. The normalized spacial score (nSPS) is 14.8. The van der Waals surface area contributed by atoms with E-state index in [0.29, 0.717) is 35.9 Å². The topological polar surface area (TPSA) is 97.8 Å². The van der Waals surface area contributed by atoms with E-state index in [-0.39, 0.29) is 12.5 Å². The molecule has 1 aromatic heterocycles. The van der Waals surface area contributed by atoms with Gasteiger partial charge in [0.25, 0.3) is 0 Å². The minimum atomic E-state index is -2.08. The third-order valence-electron chi connectivity index (χ3n) is 6.34. The van der Waals surface area contributed by atoms with Crippen molar-refractivity contribution < 1.29 is 23.9 Å². The Balaban J connectivity index is 2.98. The summed E-state index contributed by atoms with van der Waals surface area (Å²) in [6.07, 6.45) is 2.99. The number of carbonyl (C=O) groups excluding carboxylic acids is 1. The number of nitrogens with zero attached hydrogens (tertiary/aromatic N) is 1. The van der Waals surface area contributed by atoms with E-state index in [4.69, 9.17) is 14.1 Å². The van der Waals surface area contributed by atoms with Gasteiger partial charge in [-0.05, 0) is 67.7 Å². The fourth-order valence-electron chi connectivity index (χ4n) is 5.02. The van der Waals surface area contributed by atoms with Gasteiger partial charge in [0.1, 0.15) is 5.60 Å². The molecule has 2 atom stereocenters. The van der Waals surface area contributed by atoms with Crippen LogP contribution in [0.15, 0.2) is 15.9 Å². The number of hydrogen-bond donors (Lipinski definition) is 2. The van der Waals surface area contributed by atoms with Crippen molar-refractivity contribution in [1.29, 1.82) is 0 Å². The van der Waals surface area contributed by atoms with Crippen LogP contribution in [-0.4, -0.2) is 48.2 Å². The average Bonchev–Trinajstić information content (AvgIpc) is 3.14. The standard InChI is InChI=1S/C27H47BrN2O5SSi/c1-17(2)37(18(3)4,19(5)6)35-23(13-20(7)28)15-24-29-22(16-36-24)12-11-21(14-25(31)32)30-26(33)34-27(8,9)10/h13,16-19,21,23H,11-12,14-15H2,1-10H3,(H,30,33)(H,31,32)/b20-13+/t21-,23+/m1/s1. The molecule has 1 amide bonds. The molecule has 1 aromatic rings. The largest absolute Gasteiger partial charge is 0.481 e. The number of rotatable bonds is 14. The maximum absolute atomic E-state index is 12.2. The molecule has 0 aliphatic heterocycles. The first-order chi connectivity index (χ1) is 17.0. The molecular formula is C27H47BrN2O5SSi. The Labute approximate surface area is 237 Å². The van der Waals surface area contributed by atoms with Gasteiger partial charge in [0, 0.05) is 17.8 Å². The summed E-state index contributed by atoms with van der Waals surface area (Å²) < 4.78 is 13.4. The maximum Gasteiger partial charge on any atom is 0.407 e. The number of aromatic nitrogens is 1. The lowest BCUT2D eigenvalue weighted by molar-refractivity contribution is -0.137. The third-order valence-corrected chi connectivity index (χ3v) is 13.7. The predicted octanol–water partition coefficient (Wildman–Crippen LogP) is 7.85. The second-order valence-corrected chi connectivity index (χ2v) is 19.2. The molecule has 0 radical (unpaired) electrons. The van der Waals surface area contributed by atoms with E-state index in [1.54, 1.807) is 32.1 Å². The van der Waals surface area contributed by atoms with Crippen molar-refractivity contribution >= 4 is 47.6 Å². The zero-order valence-corrected chi connectivity index (χ0v) is 27.6. The number of amides is 1. The summed E-state index contributed by atoms with van der Waals surface area (Å²) in [6, 6.07) is -0.540. The monoisotopic (exact) mass is 618 g/mol. The van der Waals surface area contributed by atoms with Crippen LogP contribution < -0.4 is 5.32 Å². The third kappa shape index (κ3) is 11.6. The first kappa shape index (κ1) is 33.8. The van der Waals surface area contributed by atoms with Crippen LogP contribution in [0, 0.1) is 0 Å². The lowest BCUT2D eigenvalue weighted by Gasteiger charge is -2.44. The lowest BCUT2D eigenvalue weighted by atomic mass is 10.1. The van der Waals surface area contributed by atoms with Crippen LogP contribution in [0.1, 0.15) is 92.8 Å². The molecule has 7 nitrogen and oxygen atoms in total. The number of aryl methyl sites for hydroxylation is 1. The molecule has 212 valence electrons. The van der Waals surface area contributed by atoms with E-state index in [0.717, 1.165) is 15.2 Å². The highest BCUT2D eigenvalue weighted by atomic mass is 79.9. The van der Waals surface area contributed by atoms with Crippen molar-refractivity contribution in [3.05, 3.63) is 26.6 Å². The zero-order chi connectivity index (χ0) is 28.6. The second kappa shape index (κ2) is 14.8. The number of alkyl carbamates (subject to hydrolysis) is 1. The molecule has 1 heterocycles. The summed E-state index contributed by atoms with van der Waals surface area (Å²) in [5.74, 6) is -0.968. The van der Waals surface area contributed by atoms with Gasteiger partial charge in [0.05, 0.1) is 23.2 Å². The molecule has 1 rings (SSSR count). The molecule has 0 spiro atoms. The van der Waals surface area contributed by atoms with Crippen molar-refractivity contribution in [2.75, 3.05) is 0 Å². The van der Waals surface area contributed by atoms with Gasteiger partial charge >= 0.3 is 12.1 Å². The zero-order valence-electron chi connectivity index (χ0n) is 24.2. The van der Waals surface area contributed by atoms with Crippen LogP contribution in [-0.2, 0) is 26.8 Å². The Kier molecular flexibility index (Phi) is 13.5. The predicted molar refractivity (Wildman–Crippen MR) is 158 cm³/mol. The number of allylic oxidation sites excluding steroid dienone is 1. The Hall–Kier alpha value is -1.23. The molecule has 0 unspecified atom stereocenters. The van der Waals surface area contributed by atoms with Crippen molar-refractivity contribution in [1.82, 2.24) is 10.3 Å². The Morgan fingerprint density at radius 1 is 1.16 bits per heavy atom. The van der Waals surface area contributed by atoms with Crippen molar-refractivity contribution in [3.63, 3.8) is 0 Å². The number of hydrogen-bond acceptors (Lipinski definition) is 6. The van der Waals surface area contributed by atoms with Crippen molar-refractivity contribution in [2.24, 2.45) is 0 Å². The van der Waals surface area contributed by atoms with Crippen LogP contribution in [0.25, 0.3) is 0 Å². The van der Waals surface area contributed by atoms with Gasteiger partial charge in [-0.2, -0.15) is 0 Å². The summed E-state index contributed by atoms with van der Waals surface area (Å²) in [4.78, 5) is 28.3. The quantitative estimate of drug-likeness (QED) is 0.206. The molecular weight excluding hydrogens is 572 g/mol. The average molecular weight is 620 g/mol. The lowest BCUT2D eigenvalue weighted by Crippen LogP contribution is -2.50. The van der Waals surface area contributed by atoms with Gasteiger partial charge in [-0.15, -0.1) is 11.3 Å². The van der Waals surface area contributed by atoms with Gasteiger partial charge in [-0.1, -0.05) is 57.5 Å². The summed E-state index contributed by atoms with van der Waals surface area (Å²) >= 11 is 5.19. The maximum atomic E-state index is 12.2. The highest BCUT2D eigenvalue weighted by Crippen LogP contribution is 2.43. The number of halogens is 1. The molecule has 0 aliphatic rings. The highest BCUT2D eigenvalue weighted by molar-refractivity contribution is 9.11. The van der Waals surface area contributed by atoms with Gasteiger partial charge in [0.2, 0.25) is 8.32 Å². The Bertz CT molecular complexity index is 885. The molecule has 2 N–H and O–H groups in total. The van der Waals surface area contributed by atoms with Crippen LogP contribution in [0.2, 0.25) is 16.6 Å².